The lowest BCUT2D eigenvalue weighted by molar-refractivity contribution is -0.139. The standard InChI is InChI=1S/C12H14N2O4/c1-2-9(12(17)18)14-11(16)8-5-3-7(4-6-8)10(13)15/h3-6,9H,2H2,1H3,(H2,13,15)(H,14,16)(H,17,18). The van der Waals surface area contributed by atoms with Crippen LogP contribution in [0.25, 0.3) is 0 Å². The van der Waals surface area contributed by atoms with Crippen LogP contribution in [0.1, 0.15) is 34.1 Å². The monoisotopic (exact) mass is 250 g/mol. The Bertz CT molecular complexity index is 467. The molecule has 18 heavy (non-hydrogen) atoms. The van der Waals surface area contributed by atoms with Crippen molar-refractivity contribution >= 4 is 17.8 Å². The molecular formula is C12H14N2O4. The van der Waals surface area contributed by atoms with Crippen molar-refractivity contribution < 1.29 is 19.5 Å². The summed E-state index contributed by atoms with van der Waals surface area (Å²) in [7, 11) is 0. The van der Waals surface area contributed by atoms with Gasteiger partial charge in [-0.2, -0.15) is 0 Å². The topological polar surface area (TPSA) is 109 Å². The minimum atomic E-state index is -1.08. The summed E-state index contributed by atoms with van der Waals surface area (Å²) in [6, 6.07) is 4.75. The molecule has 0 fully saturated rings. The Labute approximate surface area is 104 Å². The minimum Gasteiger partial charge on any atom is -0.480 e. The number of carboxylic acid groups (broad SMARTS) is 1. The molecule has 6 heteroatoms. The van der Waals surface area contributed by atoms with Gasteiger partial charge in [0.05, 0.1) is 0 Å². The third-order valence-corrected chi connectivity index (χ3v) is 2.44. The van der Waals surface area contributed by atoms with Crippen molar-refractivity contribution in [2.75, 3.05) is 0 Å². The van der Waals surface area contributed by atoms with E-state index in [4.69, 9.17) is 10.8 Å². The Morgan fingerprint density at radius 3 is 2.11 bits per heavy atom. The second-order valence-electron chi connectivity index (χ2n) is 3.71. The van der Waals surface area contributed by atoms with Gasteiger partial charge in [0, 0.05) is 11.1 Å². The molecule has 1 unspecified atom stereocenters. The molecule has 0 aliphatic rings. The Morgan fingerprint density at radius 2 is 1.72 bits per heavy atom. The highest BCUT2D eigenvalue weighted by atomic mass is 16.4. The maximum Gasteiger partial charge on any atom is 0.326 e. The van der Waals surface area contributed by atoms with Gasteiger partial charge in [-0.15, -0.1) is 0 Å². The fourth-order valence-electron chi connectivity index (χ4n) is 1.37. The summed E-state index contributed by atoms with van der Waals surface area (Å²) in [5, 5.41) is 11.2. The zero-order valence-corrected chi connectivity index (χ0v) is 9.84. The van der Waals surface area contributed by atoms with Crippen LogP contribution in [0.3, 0.4) is 0 Å². The summed E-state index contributed by atoms with van der Waals surface area (Å²) in [5.74, 6) is -2.17. The fraction of sp³-hybridized carbons (Fsp3) is 0.250. The second-order valence-corrected chi connectivity index (χ2v) is 3.71. The number of nitrogens with two attached hydrogens (primary N) is 1. The van der Waals surface area contributed by atoms with E-state index in [2.05, 4.69) is 5.32 Å². The van der Waals surface area contributed by atoms with Gasteiger partial charge in [-0.3, -0.25) is 9.59 Å². The van der Waals surface area contributed by atoms with Crippen LogP contribution in [-0.4, -0.2) is 28.9 Å². The van der Waals surface area contributed by atoms with E-state index in [1.807, 2.05) is 0 Å². The van der Waals surface area contributed by atoms with Crippen molar-refractivity contribution in [2.24, 2.45) is 5.73 Å². The average molecular weight is 250 g/mol. The van der Waals surface area contributed by atoms with Gasteiger partial charge < -0.3 is 16.2 Å². The van der Waals surface area contributed by atoms with Crippen LogP contribution in [0.4, 0.5) is 0 Å². The highest BCUT2D eigenvalue weighted by Gasteiger charge is 2.18. The van der Waals surface area contributed by atoms with Crippen molar-refractivity contribution in [3.8, 4) is 0 Å². The zero-order chi connectivity index (χ0) is 13.7. The highest BCUT2D eigenvalue weighted by molar-refractivity contribution is 5.98. The lowest BCUT2D eigenvalue weighted by Gasteiger charge is -2.12. The smallest absolute Gasteiger partial charge is 0.326 e. The molecule has 0 heterocycles. The fourth-order valence-corrected chi connectivity index (χ4v) is 1.37. The predicted octanol–water partition coefficient (Wildman–Crippen LogP) is 0.378. The molecule has 0 aliphatic carbocycles. The van der Waals surface area contributed by atoms with E-state index >= 15 is 0 Å². The second kappa shape index (κ2) is 5.81. The molecule has 1 atom stereocenters. The molecule has 0 bridgehead atoms. The number of carboxylic acids is 1. The van der Waals surface area contributed by atoms with Crippen LogP contribution in [0.5, 0.6) is 0 Å². The summed E-state index contributed by atoms with van der Waals surface area (Å²) in [6.45, 7) is 1.66. The first-order valence-corrected chi connectivity index (χ1v) is 5.39. The number of hydrogen-bond acceptors (Lipinski definition) is 3. The highest BCUT2D eigenvalue weighted by Crippen LogP contribution is 2.04. The summed E-state index contributed by atoms with van der Waals surface area (Å²) in [5.41, 5.74) is 5.63. The van der Waals surface area contributed by atoms with Gasteiger partial charge >= 0.3 is 5.97 Å². The van der Waals surface area contributed by atoms with E-state index in [1.165, 1.54) is 24.3 Å². The van der Waals surface area contributed by atoms with E-state index in [-0.39, 0.29) is 11.1 Å². The molecule has 2 amide bonds. The van der Waals surface area contributed by atoms with Gasteiger partial charge in [0.2, 0.25) is 5.91 Å². The van der Waals surface area contributed by atoms with Crippen molar-refractivity contribution in [3.63, 3.8) is 0 Å². The van der Waals surface area contributed by atoms with Crippen molar-refractivity contribution in [1.82, 2.24) is 5.32 Å². The average Bonchev–Trinajstić information content (AvgIpc) is 2.35. The molecule has 1 aromatic rings. The van der Waals surface area contributed by atoms with Crippen LogP contribution in [0.15, 0.2) is 24.3 Å². The Kier molecular flexibility index (Phi) is 4.42. The first kappa shape index (κ1) is 13.7. The number of benzene rings is 1. The van der Waals surface area contributed by atoms with Gasteiger partial charge in [0.15, 0.2) is 0 Å². The SMILES string of the molecule is CCC(NC(=O)c1ccc(C(N)=O)cc1)C(=O)O. The van der Waals surface area contributed by atoms with Crippen LogP contribution < -0.4 is 11.1 Å². The normalized spacial score (nSPS) is 11.6. The maximum absolute atomic E-state index is 11.7. The largest absolute Gasteiger partial charge is 0.480 e. The molecular weight excluding hydrogens is 236 g/mol. The maximum atomic E-state index is 11.7. The van der Waals surface area contributed by atoms with Gasteiger partial charge in [-0.05, 0) is 30.7 Å². The van der Waals surface area contributed by atoms with Gasteiger partial charge in [0.25, 0.3) is 5.91 Å². The van der Waals surface area contributed by atoms with Gasteiger partial charge in [-0.1, -0.05) is 6.92 Å². The number of rotatable bonds is 5. The first-order chi connectivity index (χ1) is 8.45. The third-order valence-electron chi connectivity index (χ3n) is 2.44. The zero-order valence-electron chi connectivity index (χ0n) is 9.84. The van der Waals surface area contributed by atoms with E-state index in [0.717, 1.165) is 0 Å². The molecule has 96 valence electrons. The number of carbonyl (C=O) groups is 3. The number of amides is 2. The third kappa shape index (κ3) is 3.31. The van der Waals surface area contributed by atoms with Crippen LogP contribution in [0.2, 0.25) is 0 Å². The van der Waals surface area contributed by atoms with Crippen LogP contribution in [-0.2, 0) is 4.79 Å². The number of hydrogen-bond donors (Lipinski definition) is 3. The van der Waals surface area contributed by atoms with E-state index in [9.17, 15) is 14.4 Å². The van der Waals surface area contributed by atoms with E-state index in [1.54, 1.807) is 6.92 Å². The van der Waals surface area contributed by atoms with Crippen LogP contribution >= 0.6 is 0 Å². The molecule has 4 N–H and O–H groups in total. The summed E-state index contributed by atoms with van der Waals surface area (Å²) in [6.07, 6.45) is 0.292. The van der Waals surface area contributed by atoms with E-state index in [0.29, 0.717) is 6.42 Å². The Balaban J connectivity index is 2.78. The molecule has 1 aromatic carbocycles. The number of nitrogens with one attached hydrogen (secondary N) is 1. The van der Waals surface area contributed by atoms with Crippen LogP contribution in [0, 0.1) is 0 Å². The minimum absolute atomic E-state index is 0.278. The van der Waals surface area contributed by atoms with Gasteiger partial charge in [-0.25, -0.2) is 4.79 Å². The lowest BCUT2D eigenvalue weighted by Crippen LogP contribution is -2.40. The van der Waals surface area contributed by atoms with Gasteiger partial charge in [0.1, 0.15) is 6.04 Å². The predicted molar refractivity (Wildman–Crippen MR) is 64.1 cm³/mol. The molecule has 0 spiro atoms. The molecule has 0 radical (unpaired) electrons. The summed E-state index contributed by atoms with van der Waals surface area (Å²) >= 11 is 0. The number of primary amides is 1. The number of aliphatic carboxylic acids is 1. The molecule has 1 rings (SSSR count). The Hall–Kier alpha value is -2.37. The molecule has 0 aromatic heterocycles. The first-order valence-electron chi connectivity index (χ1n) is 5.39. The molecule has 0 saturated carbocycles. The molecule has 6 nitrogen and oxygen atoms in total. The number of carbonyl (C=O) groups excluding carboxylic acids is 2. The van der Waals surface area contributed by atoms with Crippen molar-refractivity contribution in [2.45, 2.75) is 19.4 Å². The van der Waals surface area contributed by atoms with E-state index < -0.39 is 23.8 Å². The molecule has 0 aliphatic heterocycles. The Morgan fingerprint density at radius 1 is 1.22 bits per heavy atom. The quantitative estimate of drug-likeness (QED) is 0.701. The molecule has 0 saturated heterocycles. The summed E-state index contributed by atoms with van der Waals surface area (Å²) in [4.78, 5) is 33.3. The van der Waals surface area contributed by atoms with Crippen molar-refractivity contribution in [1.29, 1.82) is 0 Å². The van der Waals surface area contributed by atoms with Crippen molar-refractivity contribution in [3.05, 3.63) is 35.4 Å². The summed E-state index contributed by atoms with van der Waals surface area (Å²) < 4.78 is 0. The lowest BCUT2D eigenvalue weighted by atomic mass is 10.1.